The molecule has 0 radical (unpaired) electrons. The highest BCUT2D eigenvalue weighted by Crippen LogP contribution is 1.99. The Hall–Kier alpha value is -1.05. The number of nitrogens with two attached hydrogens (primary N) is 2. The molecule has 4 N–H and O–H groups in total. The van der Waals surface area contributed by atoms with Crippen molar-refractivity contribution >= 4 is 5.97 Å². The van der Waals surface area contributed by atoms with Crippen LogP contribution in [0.3, 0.4) is 0 Å². The highest BCUT2D eigenvalue weighted by molar-refractivity contribution is 5.76. The Bertz CT molecular complexity index is 174. The van der Waals surface area contributed by atoms with Crippen LogP contribution in [0.1, 0.15) is 19.3 Å². The third-order valence-corrected chi connectivity index (χ3v) is 1.43. The van der Waals surface area contributed by atoms with Gasteiger partial charge in [-0.3, -0.25) is 0 Å². The number of rotatable bonds is 5. The van der Waals surface area contributed by atoms with E-state index in [0.29, 0.717) is 13.0 Å². The topological polar surface area (TPSA) is 78.3 Å². The summed E-state index contributed by atoms with van der Waals surface area (Å²) >= 11 is 0. The Balaban J connectivity index is 3.51. The summed E-state index contributed by atoms with van der Waals surface area (Å²) in [5, 5.41) is 0. The van der Waals surface area contributed by atoms with Crippen molar-refractivity contribution in [2.75, 3.05) is 6.54 Å². The van der Waals surface area contributed by atoms with E-state index >= 15 is 0 Å². The Morgan fingerprint density at radius 3 is 2.75 bits per heavy atom. The van der Waals surface area contributed by atoms with Gasteiger partial charge < -0.3 is 16.2 Å². The van der Waals surface area contributed by atoms with Gasteiger partial charge in [-0.25, -0.2) is 4.79 Å². The summed E-state index contributed by atoms with van der Waals surface area (Å²) in [4.78, 5) is 10.8. The Morgan fingerprint density at radius 2 is 2.25 bits per heavy atom. The van der Waals surface area contributed by atoms with Crippen molar-refractivity contribution in [1.82, 2.24) is 0 Å². The molecule has 0 saturated heterocycles. The average molecular weight is 170 g/mol. The van der Waals surface area contributed by atoms with Crippen LogP contribution in [0.25, 0.3) is 0 Å². The number of carbonyl (C=O) groups is 1. The van der Waals surface area contributed by atoms with Crippen LogP contribution in [0, 0.1) is 12.5 Å². The molecule has 0 saturated carbocycles. The molecule has 1 unspecified atom stereocenters. The van der Waals surface area contributed by atoms with Crippen LogP contribution in [-0.2, 0) is 9.53 Å². The van der Waals surface area contributed by atoms with Gasteiger partial charge >= 0.3 is 5.97 Å². The molecule has 4 nitrogen and oxygen atoms in total. The van der Waals surface area contributed by atoms with Crippen LogP contribution in [0.5, 0.6) is 0 Å². The summed E-state index contributed by atoms with van der Waals surface area (Å²) in [6.45, 7) is 0.608. The maximum atomic E-state index is 10.8. The van der Waals surface area contributed by atoms with Gasteiger partial charge in [0.2, 0.25) is 0 Å². The van der Waals surface area contributed by atoms with Gasteiger partial charge in [-0.05, 0) is 19.4 Å². The molecule has 0 heterocycles. The first-order chi connectivity index (χ1) is 5.72. The van der Waals surface area contributed by atoms with Crippen LogP contribution in [0.2, 0.25) is 0 Å². The summed E-state index contributed by atoms with van der Waals surface area (Å²) in [6, 6.07) is -0.618. The predicted octanol–water partition coefficient (Wildman–Crippen LogP) is -0.423. The van der Waals surface area contributed by atoms with E-state index in [0.717, 1.165) is 12.8 Å². The van der Waals surface area contributed by atoms with E-state index in [1.165, 1.54) is 0 Å². The van der Waals surface area contributed by atoms with Crippen molar-refractivity contribution in [3.8, 4) is 12.5 Å². The van der Waals surface area contributed by atoms with E-state index < -0.39 is 12.0 Å². The van der Waals surface area contributed by atoms with Crippen molar-refractivity contribution in [1.29, 1.82) is 0 Å². The van der Waals surface area contributed by atoms with E-state index in [4.69, 9.17) is 17.9 Å². The van der Waals surface area contributed by atoms with Crippen molar-refractivity contribution in [3.05, 3.63) is 0 Å². The van der Waals surface area contributed by atoms with Crippen molar-refractivity contribution in [3.63, 3.8) is 0 Å². The number of hydrogen-bond donors (Lipinski definition) is 2. The van der Waals surface area contributed by atoms with E-state index in [2.05, 4.69) is 4.74 Å². The highest BCUT2D eigenvalue weighted by atomic mass is 16.5. The van der Waals surface area contributed by atoms with E-state index in [1.54, 1.807) is 6.11 Å². The van der Waals surface area contributed by atoms with Gasteiger partial charge in [0, 0.05) is 0 Å². The van der Waals surface area contributed by atoms with Crippen molar-refractivity contribution < 1.29 is 9.53 Å². The Labute approximate surface area is 72.2 Å². The first-order valence-corrected chi connectivity index (χ1v) is 3.84. The van der Waals surface area contributed by atoms with Gasteiger partial charge in [-0.15, -0.1) is 0 Å². The molecule has 0 bridgehead atoms. The second kappa shape index (κ2) is 6.65. The molecule has 68 valence electrons. The number of hydrogen-bond acceptors (Lipinski definition) is 4. The molecule has 0 spiro atoms. The zero-order chi connectivity index (χ0) is 9.40. The standard InChI is InChI=1S/C8H14N2O2/c1-2-12-8(11)7(10)5-3-4-6-9/h1,7H,3-6,9-10H2. The lowest BCUT2D eigenvalue weighted by Gasteiger charge is -2.06. The van der Waals surface area contributed by atoms with Gasteiger partial charge in [0.05, 0.1) is 0 Å². The molecule has 0 aliphatic carbocycles. The van der Waals surface area contributed by atoms with Crippen LogP contribution < -0.4 is 11.5 Å². The van der Waals surface area contributed by atoms with E-state index in [-0.39, 0.29) is 0 Å². The number of ether oxygens (including phenoxy) is 1. The minimum Gasteiger partial charge on any atom is -0.371 e. The van der Waals surface area contributed by atoms with E-state index in [9.17, 15) is 4.79 Å². The van der Waals surface area contributed by atoms with Crippen LogP contribution in [0.15, 0.2) is 0 Å². The molecule has 4 heteroatoms. The first kappa shape index (κ1) is 11.0. The predicted molar refractivity (Wildman–Crippen MR) is 45.8 cm³/mol. The first-order valence-electron chi connectivity index (χ1n) is 3.84. The quantitative estimate of drug-likeness (QED) is 0.333. The molecule has 0 aromatic heterocycles. The maximum absolute atomic E-state index is 10.8. The summed E-state index contributed by atoms with van der Waals surface area (Å²) in [6.07, 6.45) is 8.78. The Kier molecular flexibility index (Phi) is 6.07. The largest absolute Gasteiger partial charge is 0.371 e. The van der Waals surface area contributed by atoms with Crippen molar-refractivity contribution in [2.24, 2.45) is 11.5 Å². The highest BCUT2D eigenvalue weighted by Gasteiger charge is 2.13. The molecule has 1 atom stereocenters. The fourth-order valence-electron chi connectivity index (χ4n) is 0.760. The molecule has 0 aromatic rings. The van der Waals surface area contributed by atoms with Crippen LogP contribution in [0.4, 0.5) is 0 Å². The Morgan fingerprint density at radius 1 is 1.58 bits per heavy atom. The summed E-state index contributed by atoms with van der Waals surface area (Å²) in [7, 11) is 0. The minimum absolute atomic E-state index is 0.547. The number of carbonyl (C=O) groups excluding carboxylic acids is 1. The molecular formula is C8H14N2O2. The number of esters is 1. The van der Waals surface area contributed by atoms with Crippen molar-refractivity contribution in [2.45, 2.75) is 25.3 Å². The molecule has 0 amide bonds. The summed E-state index contributed by atoms with van der Waals surface area (Å²) < 4.78 is 4.27. The monoisotopic (exact) mass is 170 g/mol. The lowest BCUT2D eigenvalue weighted by atomic mass is 10.1. The molecule has 0 fully saturated rings. The number of unbranched alkanes of at least 4 members (excludes halogenated alkanes) is 1. The van der Waals surface area contributed by atoms with Gasteiger partial charge in [-0.1, -0.05) is 12.8 Å². The lowest BCUT2D eigenvalue weighted by molar-refractivity contribution is -0.138. The zero-order valence-corrected chi connectivity index (χ0v) is 6.95. The fourth-order valence-corrected chi connectivity index (χ4v) is 0.760. The molecule has 0 rings (SSSR count). The SMILES string of the molecule is C#COC(=O)C(N)CCCCN. The van der Waals surface area contributed by atoms with Gasteiger partial charge in [0.25, 0.3) is 0 Å². The maximum Gasteiger partial charge on any atom is 0.336 e. The van der Waals surface area contributed by atoms with Gasteiger partial charge in [-0.2, -0.15) is 0 Å². The molecule has 0 aliphatic rings. The normalized spacial score (nSPS) is 11.8. The zero-order valence-electron chi connectivity index (χ0n) is 6.95. The van der Waals surface area contributed by atoms with Gasteiger partial charge in [0.1, 0.15) is 12.1 Å². The second-order valence-corrected chi connectivity index (χ2v) is 2.43. The number of terminal acetylenes is 1. The second-order valence-electron chi connectivity index (χ2n) is 2.43. The lowest BCUT2D eigenvalue weighted by Crippen LogP contribution is -2.31. The average Bonchev–Trinajstić information content (AvgIpc) is 2.05. The molecular weight excluding hydrogens is 156 g/mol. The molecule has 0 aromatic carbocycles. The third-order valence-electron chi connectivity index (χ3n) is 1.43. The molecule has 0 aliphatic heterocycles. The van der Waals surface area contributed by atoms with E-state index in [1.807, 2.05) is 0 Å². The third kappa shape index (κ3) is 4.72. The minimum atomic E-state index is -0.618. The van der Waals surface area contributed by atoms with Crippen LogP contribution >= 0.6 is 0 Å². The summed E-state index contributed by atoms with van der Waals surface area (Å²) in [5.74, 6) is -0.547. The molecule has 12 heavy (non-hydrogen) atoms. The van der Waals surface area contributed by atoms with Gasteiger partial charge in [0.15, 0.2) is 0 Å². The fraction of sp³-hybridized carbons (Fsp3) is 0.625. The smallest absolute Gasteiger partial charge is 0.336 e. The van der Waals surface area contributed by atoms with Crippen LogP contribution in [-0.4, -0.2) is 18.6 Å². The summed E-state index contributed by atoms with van der Waals surface area (Å²) in [5.41, 5.74) is 10.7.